The van der Waals surface area contributed by atoms with Gasteiger partial charge in [-0.1, -0.05) is 32.0 Å². The zero-order valence-electron chi connectivity index (χ0n) is 11.7. The van der Waals surface area contributed by atoms with Gasteiger partial charge in [0.25, 0.3) is 5.54 Å². The number of benzene rings is 1. The van der Waals surface area contributed by atoms with Crippen LogP contribution in [0.3, 0.4) is 0 Å². The Morgan fingerprint density at radius 1 is 1.40 bits per heavy atom. The van der Waals surface area contributed by atoms with Gasteiger partial charge >= 0.3 is 5.97 Å². The van der Waals surface area contributed by atoms with E-state index in [4.69, 9.17) is 9.47 Å². The van der Waals surface area contributed by atoms with Gasteiger partial charge in [-0.3, -0.25) is 4.79 Å². The van der Waals surface area contributed by atoms with E-state index in [0.717, 1.165) is 5.56 Å². The second-order valence-corrected chi connectivity index (χ2v) is 5.00. The SMILES string of the molecule is COC(=O)[C@@]1(C=O)N=C(c2ccccc2)O[C@@H]1C(C)C. The number of aldehydes is 1. The zero-order chi connectivity index (χ0) is 14.8. The van der Waals surface area contributed by atoms with Crippen LogP contribution in [-0.2, 0) is 19.1 Å². The Balaban J connectivity index is 2.48. The number of aliphatic imine (C=N–C) groups is 1. The van der Waals surface area contributed by atoms with Gasteiger partial charge in [-0.15, -0.1) is 0 Å². The highest BCUT2D eigenvalue weighted by Gasteiger charge is 2.55. The fourth-order valence-electron chi connectivity index (χ4n) is 2.29. The summed E-state index contributed by atoms with van der Waals surface area (Å²) < 4.78 is 10.5. The van der Waals surface area contributed by atoms with Crippen molar-refractivity contribution in [1.29, 1.82) is 0 Å². The molecule has 0 N–H and O–H groups in total. The number of ether oxygens (including phenoxy) is 2. The van der Waals surface area contributed by atoms with Gasteiger partial charge in [-0.25, -0.2) is 9.79 Å². The number of esters is 1. The maximum absolute atomic E-state index is 12.0. The molecule has 5 nitrogen and oxygen atoms in total. The van der Waals surface area contributed by atoms with Gasteiger partial charge in [-0.05, 0) is 18.1 Å². The zero-order valence-corrected chi connectivity index (χ0v) is 11.7. The Hall–Kier alpha value is -2.17. The van der Waals surface area contributed by atoms with E-state index in [1.165, 1.54) is 7.11 Å². The summed E-state index contributed by atoms with van der Waals surface area (Å²) in [6.45, 7) is 3.74. The molecule has 2 rings (SSSR count). The quantitative estimate of drug-likeness (QED) is 0.475. The lowest BCUT2D eigenvalue weighted by molar-refractivity contribution is -0.152. The van der Waals surface area contributed by atoms with Crippen LogP contribution in [0.2, 0.25) is 0 Å². The van der Waals surface area contributed by atoms with Gasteiger partial charge in [0.05, 0.1) is 7.11 Å². The molecule has 106 valence electrons. The number of hydrogen-bond acceptors (Lipinski definition) is 5. The molecule has 2 atom stereocenters. The summed E-state index contributed by atoms with van der Waals surface area (Å²) in [7, 11) is 1.24. The average Bonchev–Trinajstić information content (AvgIpc) is 2.88. The molecule has 1 aromatic carbocycles. The van der Waals surface area contributed by atoms with Crippen LogP contribution in [0.25, 0.3) is 0 Å². The van der Waals surface area contributed by atoms with Crippen LogP contribution < -0.4 is 0 Å². The minimum atomic E-state index is -1.62. The van der Waals surface area contributed by atoms with Crippen LogP contribution in [0.1, 0.15) is 19.4 Å². The summed E-state index contributed by atoms with van der Waals surface area (Å²) in [6.07, 6.45) is -0.151. The van der Waals surface area contributed by atoms with Gasteiger partial charge < -0.3 is 9.47 Å². The smallest absolute Gasteiger partial charge is 0.345 e. The maximum atomic E-state index is 12.0. The molecule has 0 saturated heterocycles. The van der Waals surface area contributed by atoms with E-state index in [1.54, 1.807) is 0 Å². The molecule has 0 aromatic heterocycles. The van der Waals surface area contributed by atoms with E-state index in [0.29, 0.717) is 12.2 Å². The summed E-state index contributed by atoms with van der Waals surface area (Å²) in [5.41, 5.74) is -0.889. The molecular weight excluding hydrogens is 258 g/mol. The lowest BCUT2D eigenvalue weighted by Gasteiger charge is -2.26. The van der Waals surface area contributed by atoms with E-state index >= 15 is 0 Å². The second kappa shape index (κ2) is 5.45. The number of rotatable bonds is 4. The van der Waals surface area contributed by atoms with E-state index in [2.05, 4.69) is 4.99 Å². The van der Waals surface area contributed by atoms with Crippen LogP contribution in [-0.4, -0.2) is 36.9 Å². The van der Waals surface area contributed by atoms with Crippen LogP contribution in [0.15, 0.2) is 35.3 Å². The number of carbonyl (C=O) groups is 2. The Morgan fingerprint density at radius 3 is 2.55 bits per heavy atom. The van der Waals surface area contributed by atoms with Crippen molar-refractivity contribution in [2.24, 2.45) is 10.9 Å². The molecule has 0 aliphatic carbocycles. The summed E-state index contributed by atoms with van der Waals surface area (Å²) in [6, 6.07) is 9.17. The number of nitrogens with zero attached hydrogens (tertiary/aromatic N) is 1. The predicted octanol–water partition coefficient (Wildman–Crippen LogP) is 1.60. The fourth-order valence-corrected chi connectivity index (χ4v) is 2.29. The summed E-state index contributed by atoms with van der Waals surface area (Å²) >= 11 is 0. The standard InChI is InChI=1S/C15H17NO4/c1-10(2)12-15(9-17,14(18)19-3)16-13(20-12)11-7-5-4-6-8-11/h4-10,12H,1-3H3/t12-,15+/m1/s1. The molecule has 0 unspecified atom stereocenters. The van der Waals surface area contributed by atoms with Gasteiger partial charge in [-0.2, -0.15) is 0 Å². The normalized spacial score (nSPS) is 25.0. The van der Waals surface area contributed by atoms with Crippen molar-refractivity contribution >= 4 is 18.2 Å². The molecule has 0 bridgehead atoms. The predicted molar refractivity (Wildman–Crippen MR) is 73.5 cm³/mol. The van der Waals surface area contributed by atoms with E-state index in [-0.39, 0.29) is 5.92 Å². The van der Waals surface area contributed by atoms with Crippen LogP contribution in [0.4, 0.5) is 0 Å². The van der Waals surface area contributed by atoms with Gasteiger partial charge in [0.15, 0.2) is 6.29 Å². The topological polar surface area (TPSA) is 65.0 Å². The Labute approximate surface area is 117 Å². The molecule has 1 heterocycles. The third-order valence-electron chi connectivity index (χ3n) is 3.28. The van der Waals surface area contributed by atoms with Crippen molar-refractivity contribution in [3.05, 3.63) is 35.9 Å². The fraction of sp³-hybridized carbons (Fsp3) is 0.400. The Kier molecular flexibility index (Phi) is 3.88. The monoisotopic (exact) mass is 275 g/mol. The first-order valence-corrected chi connectivity index (χ1v) is 6.42. The summed E-state index contributed by atoms with van der Waals surface area (Å²) in [5.74, 6) is -0.469. The molecule has 5 heteroatoms. The molecule has 0 amide bonds. The molecular formula is C15H17NO4. The van der Waals surface area contributed by atoms with Crippen molar-refractivity contribution in [2.45, 2.75) is 25.5 Å². The maximum Gasteiger partial charge on any atom is 0.345 e. The molecule has 0 saturated carbocycles. The summed E-state index contributed by atoms with van der Waals surface area (Å²) in [4.78, 5) is 27.8. The lowest BCUT2D eigenvalue weighted by atomic mass is 9.88. The molecule has 0 radical (unpaired) electrons. The highest BCUT2D eigenvalue weighted by molar-refractivity contribution is 6.07. The molecule has 20 heavy (non-hydrogen) atoms. The highest BCUT2D eigenvalue weighted by Crippen LogP contribution is 2.32. The van der Waals surface area contributed by atoms with E-state index in [1.807, 2.05) is 44.2 Å². The number of hydrogen-bond donors (Lipinski definition) is 0. The van der Waals surface area contributed by atoms with Crippen molar-refractivity contribution in [1.82, 2.24) is 0 Å². The first-order valence-electron chi connectivity index (χ1n) is 6.42. The van der Waals surface area contributed by atoms with Crippen LogP contribution in [0, 0.1) is 5.92 Å². The number of methoxy groups -OCH3 is 1. The van der Waals surface area contributed by atoms with Gasteiger partial charge in [0.1, 0.15) is 6.10 Å². The van der Waals surface area contributed by atoms with E-state index in [9.17, 15) is 9.59 Å². The minimum Gasteiger partial charge on any atom is -0.470 e. The molecule has 1 aliphatic heterocycles. The molecule has 0 fully saturated rings. The first kappa shape index (κ1) is 14.2. The minimum absolute atomic E-state index is 0.0655. The largest absolute Gasteiger partial charge is 0.470 e. The van der Waals surface area contributed by atoms with Crippen molar-refractivity contribution in [3.63, 3.8) is 0 Å². The van der Waals surface area contributed by atoms with E-state index < -0.39 is 17.6 Å². The third-order valence-corrected chi connectivity index (χ3v) is 3.28. The Morgan fingerprint density at radius 2 is 2.05 bits per heavy atom. The second-order valence-electron chi connectivity index (χ2n) is 5.00. The first-order chi connectivity index (χ1) is 9.55. The third kappa shape index (κ3) is 2.19. The van der Waals surface area contributed by atoms with Gasteiger partial charge in [0.2, 0.25) is 5.90 Å². The van der Waals surface area contributed by atoms with Crippen molar-refractivity contribution < 1.29 is 19.1 Å². The van der Waals surface area contributed by atoms with Crippen LogP contribution >= 0.6 is 0 Å². The van der Waals surface area contributed by atoms with Crippen LogP contribution in [0.5, 0.6) is 0 Å². The average molecular weight is 275 g/mol. The lowest BCUT2D eigenvalue weighted by Crippen LogP contribution is -2.50. The van der Waals surface area contributed by atoms with Crippen molar-refractivity contribution in [2.75, 3.05) is 7.11 Å². The highest BCUT2D eigenvalue weighted by atomic mass is 16.5. The molecule has 1 aromatic rings. The van der Waals surface area contributed by atoms with Crippen molar-refractivity contribution in [3.8, 4) is 0 Å². The molecule has 0 spiro atoms. The molecule has 1 aliphatic rings. The Bertz CT molecular complexity index is 538. The number of carbonyl (C=O) groups excluding carboxylic acids is 2. The van der Waals surface area contributed by atoms with Gasteiger partial charge in [0, 0.05) is 5.56 Å². The summed E-state index contributed by atoms with van der Waals surface area (Å²) in [5, 5.41) is 0.